The molecule has 1 amide bonds. The van der Waals surface area contributed by atoms with E-state index < -0.39 is 6.10 Å². The predicted molar refractivity (Wildman–Crippen MR) is 92.0 cm³/mol. The van der Waals surface area contributed by atoms with E-state index in [0.717, 1.165) is 30.9 Å². The summed E-state index contributed by atoms with van der Waals surface area (Å²) in [6.07, 6.45) is 2.16. The first-order valence-corrected chi connectivity index (χ1v) is 8.06. The van der Waals surface area contributed by atoms with Crippen molar-refractivity contribution in [1.29, 1.82) is 0 Å². The molecule has 1 atom stereocenters. The molecular formula is C18H26N2O3. The molecule has 1 heterocycles. The third kappa shape index (κ3) is 4.48. The van der Waals surface area contributed by atoms with Gasteiger partial charge in [-0.15, -0.1) is 6.58 Å². The molecule has 0 aliphatic carbocycles. The van der Waals surface area contributed by atoms with Crippen LogP contribution < -0.4 is 9.64 Å². The minimum absolute atomic E-state index is 0.0636. The summed E-state index contributed by atoms with van der Waals surface area (Å²) in [5, 5.41) is 0. The molecule has 0 saturated carbocycles. The lowest BCUT2D eigenvalue weighted by Crippen LogP contribution is -2.51. The fraction of sp³-hybridized carbons (Fsp3) is 0.500. The number of rotatable bonds is 7. The Morgan fingerprint density at radius 3 is 2.65 bits per heavy atom. The van der Waals surface area contributed by atoms with Crippen molar-refractivity contribution < 1.29 is 14.3 Å². The van der Waals surface area contributed by atoms with E-state index in [0.29, 0.717) is 19.7 Å². The lowest BCUT2D eigenvalue weighted by Gasteiger charge is -2.37. The molecule has 0 aromatic heterocycles. The molecule has 1 unspecified atom stereocenters. The van der Waals surface area contributed by atoms with Crippen molar-refractivity contribution in [3.05, 3.63) is 36.9 Å². The first-order chi connectivity index (χ1) is 11.2. The van der Waals surface area contributed by atoms with Crippen LogP contribution in [-0.2, 0) is 9.53 Å². The zero-order chi connectivity index (χ0) is 16.7. The number of piperazine rings is 1. The summed E-state index contributed by atoms with van der Waals surface area (Å²) in [5.74, 6) is 0.933. The van der Waals surface area contributed by atoms with Crippen molar-refractivity contribution in [1.82, 2.24) is 4.90 Å². The Labute approximate surface area is 138 Å². The smallest absolute Gasteiger partial charge is 0.251 e. The molecular weight excluding hydrogens is 292 g/mol. The zero-order valence-electron chi connectivity index (χ0n) is 14.0. The molecule has 1 saturated heterocycles. The number of carbonyl (C=O) groups excluding carboxylic acids is 1. The zero-order valence-corrected chi connectivity index (χ0v) is 14.0. The van der Waals surface area contributed by atoms with E-state index in [1.807, 2.05) is 30.0 Å². The number of benzene rings is 1. The van der Waals surface area contributed by atoms with E-state index in [2.05, 4.69) is 17.5 Å². The Morgan fingerprint density at radius 2 is 2.00 bits per heavy atom. The van der Waals surface area contributed by atoms with Crippen molar-refractivity contribution in [2.24, 2.45) is 0 Å². The maximum atomic E-state index is 12.4. The summed E-state index contributed by atoms with van der Waals surface area (Å²) < 4.78 is 11.0. The molecule has 0 bridgehead atoms. The Kier molecular flexibility index (Phi) is 6.47. The highest BCUT2D eigenvalue weighted by molar-refractivity contribution is 5.81. The molecule has 126 valence electrons. The van der Waals surface area contributed by atoms with Crippen LogP contribution in [0.15, 0.2) is 36.9 Å². The van der Waals surface area contributed by atoms with Gasteiger partial charge in [-0.3, -0.25) is 4.79 Å². The van der Waals surface area contributed by atoms with Gasteiger partial charge in [-0.25, -0.2) is 0 Å². The van der Waals surface area contributed by atoms with Crippen molar-refractivity contribution in [2.75, 3.05) is 44.8 Å². The summed E-state index contributed by atoms with van der Waals surface area (Å²) in [6.45, 7) is 9.00. The lowest BCUT2D eigenvalue weighted by atomic mass is 10.2. The van der Waals surface area contributed by atoms with E-state index in [4.69, 9.17) is 9.47 Å². The molecule has 5 nitrogen and oxygen atoms in total. The molecule has 5 heteroatoms. The van der Waals surface area contributed by atoms with Crippen LogP contribution in [0.5, 0.6) is 5.75 Å². The van der Waals surface area contributed by atoms with Crippen LogP contribution in [0.25, 0.3) is 0 Å². The highest BCUT2D eigenvalue weighted by atomic mass is 16.5. The van der Waals surface area contributed by atoms with Crippen LogP contribution in [0, 0.1) is 0 Å². The SMILES string of the molecule is C=CCCOC(C)C(=O)N1CCN(c2ccccc2OC)CC1. The topological polar surface area (TPSA) is 42.0 Å². The molecule has 1 fully saturated rings. The maximum Gasteiger partial charge on any atom is 0.251 e. The quantitative estimate of drug-likeness (QED) is 0.571. The van der Waals surface area contributed by atoms with Crippen LogP contribution in [0.3, 0.4) is 0 Å². The molecule has 0 radical (unpaired) electrons. The Morgan fingerprint density at radius 1 is 1.30 bits per heavy atom. The van der Waals surface area contributed by atoms with E-state index in [-0.39, 0.29) is 5.91 Å². The molecule has 2 rings (SSSR count). The van der Waals surface area contributed by atoms with Crippen LogP contribution in [0.4, 0.5) is 5.69 Å². The normalized spacial score (nSPS) is 16.1. The minimum Gasteiger partial charge on any atom is -0.495 e. The number of methoxy groups -OCH3 is 1. The third-order valence-electron chi connectivity index (χ3n) is 4.05. The van der Waals surface area contributed by atoms with E-state index in [1.165, 1.54) is 0 Å². The van der Waals surface area contributed by atoms with Gasteiger partial charge in [-0.1, -0.05) is 18.2 Å². The van der Waals surface area contributed by atoms with E-state index in [9.17, 15) is 4.79 Å². The first kappa shape index (κ1) is 17.3. The summed E-state index contributed by atoms with van der Waals surface area (Å²) >= 11 is 0. The van der Waals surface area contributed by atoms with Gasteiger partial charge in [0, 0.05) is 26.2 Å². The standard InChI is InChI=1S/C18H26N2O3/c1-4-5-14-23-15(2)18(21)20-12-10-19(11-13-20)16-8-6-7-9-17(16)22-3/h4,6-9,15H,1,5,10-14H2,2-3H3. The second-order valence-electron chi connectivity index (χ2n) is 5.57. The van der Waals surface area contributed by atoms with Crippen molar-refractivity contribution in [3.63, 3.8) is 0 Å². The molecule has 1 aliphatic heterocycles. The summed E-state index contributed by atoms with van der Waals surface area (Å²) in [5.41, 5.74) is 1.08. The molecule has 1 aliphatic rings. The molecule has 23 heavy (non-hydrogen) atoms. The van der Waals surface area contributed by atoms with Gasteiger partial charge in [0.15, 0.2) is 0 Å². The number of amides is 1. The van der Waals surface area contributed by atoms with Gasteiger partial charge in [0.25, 0.3) is 5.91 Å². The molecule has 0 N–H and O–H groups in total. The number of para-hydroxylation sites is 2. The van der Waals surface area contributed by atoms with Crippen molar-refractivity contribution in [3.8, 4) is 5.75 Å². The summed E-state index contributed by atoms with van der Waals surface area (Å²) in [6, 6.07) is 7.98. The number of carbonyl (C=O) groups is 1. The van der Waals surface area contributed by atoms with Crippen molar-refractivity contribution in [2.45, 2.75) is 19.4 Å². The fourth-order valence-electron chi connectivity index (χ4n) is 2.72. The summed E-state index contributed by atoms with van der Waals surface area (Å²) in [4.78, 5) is 16.5. The highest BCUT2D eigenvalue weighted by Gasteiger charge is 2.26. The van der Waals surface area contributed by atoms with Gasteiger partial charge in [0.05, 0.1) is 19.4 Å². The first-order valence-electron chi connectivity index (χ1n) is 8.06. The van der Waals surface area contributed by atoms with Crippen LogP contribution in [-0.4, -0.2) is 56.8 Å². The number of hydrogen-bond acceptors (Lipinski definition) is 4. The number of anilines is 1. The summed E-state index contributed by atoms with van der Waals surface area (Å²) in [7, 11) is 1.68. The second-order valence-corrected chi connectivity index (χ2v) is 5.57. The Bertz CT molecular complexity index is 525. The van der Waals surface area contributed by atoms with Gasteiger partial charge in [0.2, 0.25) is 0 Å². The number of nitrogens with zero attached hydrogens (tertiary/aromatic N) is 2. The monoisotopic (exact) mass is 318 g/mol. The molecule has 1 aromatic carbocycles. The van der Waals surface area contributed by atoms with Crippen LogP contribution >= 0.6 is 0 Å². The van der Waals surface area contributed by atoms with Crippen LogP contribution in [0.1, 0.15) is 13.3 Å². The maximum absolute atomic E-state index is 12.4. The van der Waals surface area contributed by atoms with Crippen LogP contribution in [0.2, 0.25) is 0 Å². The highest BCUT2D eigenvalue weighted by Crippen LogP contribution is 2.28. The average molecular weight is 318 g/mol. The van der Waals surface area contributed by atoms with E-state index >= 15 is 0 Å². The van der Waals surface area contributed by atoms with Gasteiger partial charge >= 0.3 is 0 Å². The van der Waals surface area contributed by atoms with Gasteiger partial charge in [0.1, 0.15) is 11.9 Å². The molecule has 0 spiro atoms. The lowest BCUT2D eigenvalue weighted by molar-refractivity contribution is -0.142. The fourth-order valence-corrected chi connectivity index (χ4v) is 2.72. The Balaban J connectivity index is 1.88. The molecule has 1 aromatic rings. The second kappa shape index (κ2) is 8.58. The third-order valence-corrected chi connectivity index (χ3v) is 4.05. The average Bonchev–Trinajstić information content (AvgIpc) is 2.61. The van der Waals surface area contributed by atoms with Gasteiger partial charge < -0.3 is 19.3 Å². The van der Waals surface area contributed by atoms with Gasteiger partial charge in [-0.2, -0.15) is 0 Å². The number of hydrogen-bond donors (Lipinski definition) is 0. The minimum atomic E-state index is -0.396. The predicted octanol–water partition coefficient (Wildman–Crippen LogP) is 2.33. The van der Waals surface area contributed by atoms with E-state index in [1.54, 1.807) is 13.2 Å². The number of ether oxygens (including phenoxy) is 2. The van der Waals surface area contributed by atoms with Gasteiger partial charge in [-0.05, 0) is 25.5 Å². The van der Waals surface area contributed by atoms with Crippen molar-refractivity contribution >= 4 is 11.6 Å². The largest absolute Gasteiger partial charge is 0.495 e. The Hall–Kier alpha value is -2.01.